The Labute approximate surface area is 169 Å². The number of rotatable bonds is 2. The molecule has 1 spiro atoms. The second-order valence-corrected chi connectivity index (χ2v) is 9.45. The van der Waals surface area contributed by atoms with Crippen molar-refractivity contribution in [3.8, 4) is 5.75 Å². The largest absolute Gasteiger partial charge is 0.493 e. The number of fused-ring (bicyclic) bond motifs is 5. The van der Waals surface area contributed by atoms with Crippen LogP contribution in [0.3, 0.4) is 0 Å². The molecule has 4 nitrogen and oxygen atoms in total. The third-order valence-electron chi connectivity index (χ3n) is 7.07. The summed E-state index contributed by atoms with van der Waals surface area (Å²) in [7, 11) is 0. The van der Waals surface area contributed by atoms with E-state index in [-0.39, 0.29) is 18.3 Å². The molecule has 6 heteroatoms. The highest BCUT2D eigenvalue weighted by molar-refractivity contribution is 7.21. The fraction of sp³-hybridized carbons (Fsp3) is 0.571. The van der Waals surface area contributed by atoms with Crippen molar-refractivity contribution in [2.75, 3.05) is 19.7 Å². The summed E-state index contributed by atoms with van der Waals surface area (Å²) in [4.78, 5) is 16.6. The number of piperidine rings is 3. The van der Waals surface area contributed by atoms with Crippen molar-refractivity contribution in [1.82, 2.24) is 10.2 Å². The number of aryl methyl sites for hydroxylation is 1. The summed E-state index contributed by atoms with van der Waals surface area (Å²) in [5.74, 6) is 1.80. The Hall–Kier alpha value is -1.30. The molecule has 1 amide bonds. The highest BCUT2D eigenvalue weighted by Gasteiger charge is 2.60. The Morgan fingerprint density at radius 2 is 2.07 bits per heavy atom. The first-order valence-corrected chi connectivity index (χ1v) is 10.8. The first kappa shape index (κ1) is 17.8. The lowest BCUT2D eigenvalue weighted by molar-refractivity contribution is -0.00138. The van der Waals surface area contributed by atoms with Gasteiger partial charge in [-0.2, -0.15) is 0 Å². The molecule has 7 rings (SSSR count). The summed E-state index contributed by atoms with van der Waals surface area (Å²) in [5, 5.41) is 4.64. The van der Waals surface area contributed by atoms with Crippen molar-refractivity contribution in [3.05, 3.63) is 28.6 Å². The molecular weight excluding hydrogens is 380 g/mol. The van der Waals surface area contributed by atoms with Gasteiger partial charge in [-0.05, 0) is 81.1 Å². The molecule has 1 aromatic carbocycles. The molecule has 1 atom stereocenters. The molecule has 0 unspecified atom stereocenters. The van der Waals surface area contributed by atoms with Gasteiger partial charge >= 0.3 is 0 Å². The molecule has 0 radical (unpaired) electrons. The molecule has 1 aromatic heterocycles. The number of ether oxygens (including phenoxy) is 1. The number of nitrogens with one attached hydrogen (secondary N) is 1. The van der Waals surface area contributed by atoms with Crippen molar-refractivity contribution in [2.45, 2.75) is 50.1 Å². The number of benzene rings is 1. The number of carbonyl (C=O) groups excluding carboxylic acids is 1. The average Bonchev–Trinajstić information content (AvgIpc) is 3.33. The van der Waals surface area contributed by atoms with E-state index in [0.29, 0.717) is 17.5 Å². The lowest BCUT2D eigenvalue weighted by Gasteiger charge is -2.52. The molecule has 1 aliphatic carbocycles. The van der Waals surface area contributed by atoms with Crippen molar-refractivity contribution < 1.29 is 9.53 Å². The standard InChI is InChI=1S/C21H24N2O2S.ClH/c24-20(22-19-13-5-9-23(10-6-13)21(19)7-8-21)17-12-14-3-4-16-15(18(14)26-17)2-1-11-25-16;/h3-4,12-13,19H,1-2,5-11H2,(H,22,24);1H/t19-;/m1./s1. The van der Waals surface area contributed by atoms with Crippen LogP contribution in [0.1, 0.15) is 47.3 Å². The zero-order valence-electron chi connectivity index (χ0n) is 15.3. The van der Waals surface area contributed by atoms with Crippen LogP contribution in [0.15, 0.2) is 18.2 Å². The molecule has 2 aromatic rings. The van der Waals surface area contributed by atoms with E-state index in [1.807, 2.05) is 0 Å². The number of thiophene rings is 1. The van der Waals surface area contributed by atoms with Gasteiger partial charge in [0.05, 0.1) is 17.5 Å². The van der Waals surface area contributed by atoms with Crippen LogP contribution in [0, 0.1) is 5.92 Å². The molecule has 4 aliphatic heterocycles. The molecule has 5 heterocycles. The van der Waals surface area contributed by atoms with Gasteiger partial charge < -0.3 is 10.1 Å². The lowest BCUT2D eigenvalue weighted by Crippen LogP contribution is -2.65. The van der Waals surface area contributed by atoms with Crippen molar-refractivity contribution >= 4 is 39.7 Å². The van der Waals surface area contributed by atoms with E-state index in [0.717, 1.165) is 30.1 Å². The number of carbonyl (C=O) groups is 1. The minimum atomic E-state index is 0. The molecule has 5 aliphatic rings. The van der Waals surface area contributed by atoms with Gasteiger partial charge in [0, 0.05) is 15.8 Å². The maximum atomic E-state index is 13.1. The summed E-state index contributed by atoms with van der Waals surface area (Å²) >= 11 is 1.64. The highest BCUT2D eigenvalue weighted by atomic mass is 35.5. The number of nitrogens with zero attached hydrogens (tertiary/aromatic N) is 1. The smallest absolute Gasteiger partial charge is 0.261 e. The topological polar surface area (TPSA) is 41.6 Å². The number of halogens is 1. The van der Waals surface area contributed by atoms with Crippen LogP contribution in [0.5, 0.6) is 5.75 Å². The van der Waals surface area contributed by atoms with Gasteiger partial charge in [-0.25, -0.2) is 0 Å². The monoisotopic (exact) mass is 404 g/mol. The normalized spacial score (nSPS) is 29.7. The van der Waals surface area contributed by atoms with E-state index >= 15 is 0 Å². The van der Waals surface area contributed by atoms with Crippen LogP contribution in [0.4, 0.5) is 0 Å². The maximum Gasteiger partial charge on any atom is 0.261 e. The minimum Gasteiger partial charge on any atom is -0.493 e. The molecule has 3 saturated heterocycles. The van der Waals surface area contributed by atoms with E-state index in [2.05, 4.69) is 28.4 Å². The Kier molecular flexibility index (Phi) is 4.19. The second kappa shape index (κ2) is 6.36. The van der Waals surface area contributed by atoms with Crippen LogP contribution in [0.2, 0.25) is 0 Å². The third-order valence-corrected chi connectivity index (χ3v) is 8.28. The van der Waals surface area contributed by atoms with E-state index in [1.165, 1.54) is 54.4 Å². The summed E-state index contributed by atoms with van der Waals surface area (Å²) in [6.07, 6.45) is 7.11. The van der Waals surface area contributed by atoms with Crippen LogP contribution in [-0.2, 0) is 6.42 Å². The first-order chi connectivity index (χ1) is 12.7. The predicted octanol–water partition coefficient (Wildman–Crippen LogP) is 4.00. The Bertz CT molecular complexity index is 899. The van der Waals surface area contributed by atoms with E-state index in [9.17, 15) is 4.79 Å². The molecule has 4 fully saturated rings. The minimum absolute atomic E-state index is 0. The van der Waals surface area contributed by atoms with Gasteiger partial charge in [-0.3, -0.25) is 9.69 Å². The van der Waals surface area contributed by atoms with E-state index in [4.69, 9.17) is 4.74 Å². The molecule has 2 bridgehead atoms. The quantitative estimate of drug-likeness (QED) is 0.822. The molecular formula is C21H25ClN2O2S. The molecule has 144 valence electrons. The SMILES string of the molecule is Cl.O=C(N[C@@H]1C2CCN(CC2)C12CC2)c1cc2ccc3c(c2s1)CCCO3. The summed E-state index contributed by atoms with van der Waals surface area (Å²) in [6, 6.07) is 6.59. The number of hydrogen-bond acceptors (Lipinski definition) is 4. The van der Waals surface area contributed by atoms with Crippen LogP contribution in [-0.4, -0.2) is 42.1 Å². The first-order valence-electron chi connectivity index (χ1n) is 9.99. The molecule has 1 saturated carbocycles. The lowest BCUT2D eigenvalue weighted by atomic mass is 9.77. The Morgan fingerprint density at radius 3 is 2.85 bits per heavy atom. The van der Waals surface area contributed by atoms with Crippen molar-refractivity contribution in [3.63, 3.8) is 0 Å². The maximum absolute atomic E-state index is 13.1. The van der Waals surface area contributed by atoms with Gasteiger partial charge in [-0.15, -0.1) is 23.7 Å². The summed E-state index contributed by atoms with van der Waals surface area (Å²) in [5.41, 5.74) is 1.58. The van der Waals surface area contributed by atoms with Gasteiger partial charge in [0.25, 0.3) is 5.91 Å². The second-order valence-electron chi connectivity index (χ2n) is 8.40. The Morgan fingerprint density at radius 1 is 1.26 bits per heavy atom. The zero-order valence-corrected chi connectivity index (χ0v) is 17.0. The van der Waals surface area contributed by atoms with Crippen molar-refractivity contribution in [1.29, 1.82) is 0 Å². The van der Waals surface area contributed by atoms with Crippen LogP contribution in [0.25, 0.3) is 10.1 Å². The number of hydrogen-bond donors (Lipinski definition) is 1. The van der Waals surface area contributed by atoms with Gasteiger partial charge in [0.1, 0.15) is 5.75 Å². The van der Waals surface area contributed by atoms with Crippen LogP contribution >= 0.6 is 23.7 Å². The third kappa shape index (κ3) is 2.62. The summed E-state index contributed by atoms with van der Waals surface area (Å²) in [6.45, 7) is 3.26. The van der Waals surface area contributed by atoms with E-state index in [1.54, 1.807) is 11.3 Å². The van der Waals surface area contributed by atoms with Gasteiger partial charge in [0.15, 0.2) is 0 Å². The van der Waals surface area contributed by atoms with E-state index < -0.39 is 0 Å². The van der Waals surface area contributed by atoms with Gasteiger partial charge in [0.2, 0.25) is 0 Å². The van der Waals surface area contributed by atoms with Crippen LogP contribution < -0.4 is 10.1 Å². The average molecular weight is 405 g/mol. The van der Waals surface area contributed by atoms with Crippen molar-refractivity contribution in [2.24, 2.45) is 5.92 Å². The number of amides is 1. The predicted molar refractivity (Wildman–Crippen MR) is 110 cm³/mol. The highest BCUT2D eigenvalue weighted by Crippen LogP contribution is 2.53. The summed E-state index contributed by atoms with van der Waals surface area (Å²) < 4.78 is 7.03. The fourth-order valence-corrected chi connectivity index (χ4v) is 6.72. The Balaban J connectivity index is 0.00000160. The zero-order chi connectivity index (χ0) is 17.3. The fourth-order valence-electron chi connectivity index (χ4n) is 5.59. The molecule has 1 N–H and O–H groups in total. The molecule has 27 heavy (non-hydrogen) atoms. The van der Waals surface area contributed by atoms with Gasteiger partial charge in [-0.1, -0.05) is 0 Å².